The second-order valence-corrected chi connectivity index (χ2v) is 7.26. The van der Waals surface area contributed by atoms with Crippen LogP contribution in [0, 0.1) is 0 Å². The van der Waals surface area contributed by atoms with Crippen molar-refractivity contribution >= 4 is 40.0 Å². The van der Waals surface area contributed by atoms with E-state index < -0.39 is 0 Å². The molecule has 3 aromatic carbocycles. The van der Waals surface area contributed by atoms with Crippen molar-refractivity contribution in [2.75, 3.05) is 0 Å². The van der Waals surface area contributed by atoms with Gasteiger partial charge in [-0.2, -0.15) is 0 Å². The molecular formula is C23H16Cl2N2O. The van der Waals surface area contributed by atoms with Gasteiger partial charge in [-0.15, -0.1) is 0 Å². The van der Waals surface area contributed by atoms with E-state index in [2.05, 4.69) is 5.32 Å². The Balaban J connectivity index is 1.69. The van der Waals surface area contributed by atoms with Crippen molar-refractivity contribution in [3.05, 3.63) is 100 Å². The molecule has 1 amide bonds. The smallest absolute Gasteiger partial charge is 0.252 e. The standard InChI is InChI=1S/C23H16Cl2N2O/c24-17-9-5-15(6-10-17)14-26-23(28)20-13-22(16-7-11-18(25)12-8-16)27-21-4-2-1-3-19(20)21/h1-13H,14H2,(H,26,28). The van der Waals surface area contributed by atoms with E-state index >= 15 is 0 Å². The third-order valence-electron chi connectivity index (χ3n) is 4.47. The van der Waals surface area contributed by atoms with Gasteiger partial charge in [0.1, 0.15) is 0 Å². The van der Waals surface area contributed by atoms with Gasteiger partial charge >= 0.3 is 0 Å². The molecule has 0 saturated heterocycles. The summed E-state index contributed by atoms with van der Waals surface area (Å²) >= 11 is 11.9. The van der Waals surface area contributed by atoms with E-state index in [0.29, 0.717) is 22.2 Å². The number of hydrogen-bond donors (Lipinski definition) is 1. The zero-order valence-corrected chi connectivity index (χ0v) is 16.3. The number of carbonyl (C=O) groups excluding carboxylic acids is 1. The van der Waals surface area contributed by atoms with Crippen molar-refractivity contribution in [2.45, 2.75) is 6.54 Å². The Hall–Kier alpha value is -2.88. The SMILES string of the molecule is O=C(NCc1ccc(Cl)cc1)c1cc(-c2ccc(Cl)cc2)nc2ccccc12. The van der Waals surface area contributed by atoms with E-state index in [9.17, 15) is 4.79 Å². The molecule has 0 aliphatic carbocycles. The van der Waals surface area contributed by atoms with Crippen LogP contribution in [-0.2, 0) is 6.54 Å². The highest BCUT2D eigenvalue weighted by Gasteiger charge is 2.14. The lowest BCUT2D eigenvalue weighted by molar-refractivity contribution is 0.0952. The van der Waals surface area contributed by atoms with Crippen LogP contribution in [0.1, 0.15) is 15.9 Å². The lowest BCUT2D eigenvalue weighted by atomic mass is 10.0. The number of nitrogens with zero attached hydrogens (tertiary/aromatic N) is 1. The molecule has 138 valence electrons. The van der Waals surface area contributed by atoms with E-state index in [1.54, 1.807) is 0 Å². The largest absolute Gasteiger partial charge is 0.348 e. The highest BCUT2D eigenvalue weighted by molar-refractivity contribution is 6.30. The third-order valence-corrected chi connectivity index (χ3v) is 4.97. The molecular weight excluding hydrogens is 391 g/mol. The maximum Gasteiger partial charge on any atom is 0.252 e. The number of para-hydroxylation sites is 1. The van der Waals surface area contributed by atoms with E-state index in [0.717, 1.165) is 27.7 Å². The zero-order chi connectivity index (χ0) is 19.5. The number of nitrogens with one attached hydrogen (secondary N) is 1. The first-order valence-electron chi connectivity index (χ1n) is 8.78. The average Bonchev–Trinajstić information content (AvgIpc) is 2.73. The monoisotopic (exact) mass is 406 g/mol. The Morgan fingerprint density at radius 3 is 2.21 bits per heavy atom. The van der Waals surface area contributed by atoms with Crippen LogP contribution in [0.5, 0.6) is 0 Å². The molecule has 28 heavy (non-hydrogen) atoms. The number of carbonyl (C=O) groups is 1. The number of fused-ring (bicyclic) bond motifs is 1. The van der Waals surface area contributed by atoms with Crippen LogP contribution in [0.4, 0.5) is 0 Å². The fraction of sp³-hybridized carbons (Fsp3) is 0.0435. The minimum absolute atomic E-state index is 0.149. The summed E-state index contributed by atoms with van der Waals surface area (Å²) in [7, 11) is 0. The first kappa shape index (κ1) is 18.5. The minimum Gasteiger partial charge on any atom is -0.348 e. The molecule has 4 rings (SSSR count). The van der Waals surface area contributed by atoms with Gasteiger partial charge in [-0.25, -0.2) is 4.98 Å². The van der Waals surface area contributed by atoms with E-state index in [4.69, 9.17) is 28.2 Å². The van der Waals surface area contributed by atoms with Gasteiger partial charge in [0.05, 0.1) is 16.8 Å². The lowest BCUT2D eigenvalue weighted by Crippen LogP contribution is -2.23. The predicted molar refractivity (Wildman–Crippen MR) is 115 cm³/mol. The number of rotatable bonds is 4. The molecule has 0 unspecified atom stereocenters. The van der Waals surface area contributed by atoms with Gasteiger partial charge in [0.15, 0.2) is 0 Å². The maximum atomic E-state index is 13.0. The fourth-order valence-corrected chi connectivity index (χ4v) is 3.26. The Morgan fingerprint density at radius 2 is 1.50 bits per heavy atom. The summed E-state index contributed by atoms with van der Waals surface area (Å²) in [6.07, 6.45) is 0. The molecule has 1 aromatic heterocycles. The quantitative estimate of drug-likeness (QED) is 0.442. The normalized spacial score (nSPS) is 10.8. The molecule has 0 atom stereocenters. The molecule has 4 aromatic rings. The molecule has 0 radical (unpaired) electrons. The second-order valence-electron chi connectivity index (χ2n) is 6.39. The van der Waals surface area contributed by atoms with E-state index in [-0.39, 0.29) is 5.91 Å². The van der Waals surface area contributed by atoms with Crippen LogP contribution in [-0.4, -0.2) is 10.9 Å². The highest BCUT2D eigenvalue weighted by Crippen LogP contribution is 2.26. The number of hydrogen-bond acceptors (Lipinski definition) is 2. The molecule has 0 aliphatic heterocycles. The van der Waals surface area contributed by atoms with Gasteiger partial charge in [0, 0.05) is 27.5 Å². The maximum absolute atomic E-state index is 13.0. The topological polar surface area (TPSA) is 42.0 Å². The second kappa shape index (κ2) is 8.01. The lowest BCUT2D eigenvalue weighted by Gasteiger charge is -2.11. The fourth-order valence-electron chi connectivity index (χ4n) is 3.01. The molecule has 0 aliphatic rings. The molecule has 3 nitrogen and oxygen atoms in total. The minimum atomic E-state index is -0.149. The van der Waals surface area contributed by atoms with Gasteiger partial charge < -0.3 is 5.32 Å². The third kappa shape index (κ3) is 4.01. The Morgan fingerprint density at radius 1 is 0.857 bits per heavy atom. The number of benzene rings is 3. The van der Waals surface area contributed by atoms with Gasteiger partial charge in [-0.05, 0) is 42.0 Å². The summed E-state index contributed by atoms with van der Waals surface area (Å²) in [5.74, 6) is -0.149. The Labute approximate surface area is 172 Å². The summed E-state index contributed by atoms with van der Waals surface area (Å²) in [5.41, 5.74) is 3.97. The molecule has 0 saturated carbocycles. The first-order chi connectivity index (χ1) is 13.6. The molecule has 0 bridgehead atoms. The number of pyridine rings is 1. The van der Waals surface area contributed by atoms with Gasteiger partial charge in [-0.3, -0.25) is 4.79 Å². The molecule has 0 fully saturated rings. The molecule has 1 heterocycles. The van der Waals surface area contributed by atoms with Crippen LogP contribution in [0.15, 0.2) is 78.9 Å². The summed E-state index contributed by atoms with van der Waals surface area (Å²) in [6.45, 7) is 0.420. The number of aromatic nitrogens is 1. The zero-order valence-electron chi connectivity index (χ0n) is 14.8. The van der Waals surface area contributed by atoms with Crippen molar-refractivity contribution < 1.29 is 4.79 Å². The number of halogens is 2. The van der Waals surface area contributed by atoms with Crippen LogP contribution < -0.4 is 5.32 Å². The first-order valence-corrected chi connectivity index (χ1v) is 9.54. The average molecular weight is 407 g/mol. The molecule has 0 spiro atoms. The van der Waals surface area contributed by atoms with Gasteiger partial charge in [0.2, 0.25) is 0 Å². The van der Waals surface area contributed by atoms with Crippen LogP contribution >= 0.6 is 23.2 Å². The van der Waals surface area contributed by atoms with Crippen LogP contribution in [0.25, 0.3) is 22.2 Å². The van der Waals surface area contributed by atoms with Crippen molar-refractivity contribution in [1.29, 1.82) is 0 Å². The summed E-state index contributed by atoms with van der Waals surface area (Å²) < 4.78 is 0. The van der Waals surface area contributed by atoms with Crippen LogP contribution in [0.3, 0.4) is 0 Å². The van der Waals surface area contributed by atoms with Crippen molar-refractivity contribution in [2.24, 2.45) is 0 Å². The highest BCUT2D eigenvalue weighted by atomic mass is 35.5. The predicted octanol–water partition coefficient (Wildman–Crippen LogP) is 6.14. The molecule has 5 heteroatoms. The van der Waals surface area contributed by atoms with E-state index in [1.807, 2.05) is 78.9 Å². The van der Waals surface area contributed by atoms with Crippen molar-refractivity contribution in [1.82, 2.24) is 10.3 Å². The number of amides is 1. The summed E-state index contributed by atoms with van der Waals surface area (Å²) in [5, 5.41) is 5.12. The van der Waals surface area contributed by atoms with E-state index in [1.165, 1.54) is 0 Å². The molecule has 1 N–H and O–H groups in total. The van der Waals surface area contributed by atoms with Crippen LogP contribution in [0.2, 0.25) is 10.0 Å². The van der Waals surface area contributed by atoms with Gasteiger partial charge in [-0.1, -0.05) is 65.7 Å². The van der Waals surface area contributed by atoms with Crippen molar-refractivity contribution in [3.8, 4) is 11.3 Å². The van der Waals surface area contributed by atoms with Gasteiger partial charge in [0.25, 0.3) is 5.91 Å². The van der Waals surface area contributed by atoms with Crippen molar-refractivity contribution in [3.63, 3.8) is 0 Å². The summed E-state index contributed by atoms with van der Waals surface area (Å²) in [4.78, 5) is 17.7. The Bertz CT molecular complexity index is 1140. The Kier molecular flexibility index (Phi) is 5.29. The summed E-state index contributed by atoms with van der Waals surface area (Å²) in [6, 6.07) is 24.3.